The quantitative estimate of drug-likeness (QED) is 0.807. The molecule has 130 valence electrons. The highest BCUT2D eigenvalue weighted by atomic mass is 19.1. The van der Waals surface area contributed by atoms with E-state index >= 15 is 0 Å². The first-order chi connectivity index (χ1) is 12.0. The van der Waals surface area contributed by atoms with Crippen LogP contribution in [0.25, 0.3) is 0 Å². The van der Waals surface area contributed by atoms with Crippen LogP contribution in [0.2, 0.25) is 0 Å². The number of carbonyl (C=O) groups is 1. The van der Waals surface area contributed by atoms with Gasteiger partial charge < -0.3 is 14.4 Å². The van der Waals surface area contributed by atoms with Gasteiger partial charge in [0.2, 0.25) is 0 Å². The van der Waals surface area contributed by atoms with Gasteiger partial charge >= 0.3 is 0 Å². The number of carbonyl (C=O) groups excluding carboxylic acids is 1. The SMILES string of the molecule is CCN(Cc1ccc(OC)c(OC)c1)C(=O)c1ccc(F)c(C#N)c1. The van der Waals surface area contributed by atoms with Gasteiger partial charge in [-0.05, 0) is 42.8 Å². The Kier molecular flexibility index (Phi) is 5.96. The fourth-order valence-electron chi connectivity index (χ4n) is 2.45. The summed E-state index contributed by atoms with van der Waals surface area (Å²) in [4.78, 5) is 14.3. The van der Waals surface area contributed by atoms with Crippen molar-refractivity contribution < 1.29 is 18.7 Å². The van der Waals surface area contributed by atoms with Crippen LogP contribution in [0.5, 0.6) is 11.5 Å². The van der Waals surface area contributed by atoms with Gasteiger partial charge in [0.15, 0.2) is 11.5 Å². The molecule has 0 saturated carbocycles. The smallest absolute Gasteiger partial charge is 0.254 e. The van der Waals surface area contributed by atoms with Gasteiger partial charge in [0, 0.05) is 18.7 Å². The van der Waals surface area contributed by atoms with Crippen molar-refractivity contribution in [2.45, 2.75) is 13.5 Å². The lowest BCUT2D eigenvalue weighted by molar-refractivity contribution is 0.0752. The third-order valence-electron chi connectivity index (χ3n) is 3.82. The molecule has 2 aromatic carbocycles. The lowest BCUT2D eigenvalue weighted by Crippen LogP contribution is -2.30. The molecule has 0 atom stereocenters. The van der Waals surface area contributed by atoms with Crippen molar-refractivity contribution in [3.63, 3.8) is 0 Å². The fraction of sp³-hybridized carbons (Fsp3) is 0.263. The van der Waals surface area contributed by atoms with E-state index in [-0.39, 0.29) is 17.0 Å². The number of halogens is 1. The van der Waals surface area contributed by atoms with Crippen LogP contribution in [0.3, 0.4) is 0 Å². The van der Waals surface area contributed by atoms with Crippen molar-refractivity contribution in [2.24, 2.45) is 0 Å². The van der Waals surface area contributed by atoms with Crippen LogP contribution < -0.4 is 9.47 Å². The monoisotopic (exact) mass is 342 g/mol. The molecule has 0 fully saturated rings. The van der Waals surface area contributed by atoms with E-state index in [4.69, 9.17) is 14.7 Å². The van der Waals surface area contributed by atoms with Gasteiger partial charge in [0.05, 0.1) is 19.8 Å². The van der Waals surface area contributed by atoms with E-state index in [1.165, 1.54) is 12.1 Å². The molecular formula is C19H19FN2O3. The average Bonchev–Trinajstić information content (AvgIpc) is 2.65. The second kappa shape index (κ2) is 8.15. The third-order valence-corrected chi connectivity index (χ3v) is 3.82. The Morgan fingerprint density at radius 1 is 1.16 bits per heavy atom. The number of amides is 1. The minimum absolute atomic E-state index is 0.145. The van der Waals surface area contributed by atoms with Gasteiger partial charge in [0.25, 0.3) is 5.91 Å². The average molecular weight is 342 g/mol. The van der Waals surface area contributed by atoms with E-state index in [2.05, 4.69) is 0 Å². The van der Waals surface area contributed by atoms with Crippen molar-refractivity contribution in [1.29, 1.82) is 5.26 Å². The second-order valence-corrected chi connectivity index (χ2v) is 5.32. The number of ether oxygens (including phenoxy) is 2. The highest BCUT2D eigenvalue weighted by Gasteiger charge is 2.17. The van der Waals surface area contributed by atoms with Crippen LogP contribution in [0, 0.1) is 17.1 Å². The van der Waals surface area contributed by atoms with Gasteiger partial charge in [-0.3, -0.25) is 4.79 Å². The van der Waals surface area contributed by atoms with E-state index in [9.17, 15) is 9.18 Å². The summed E-state index contributed by atoms with van der Waals surface area (Å²) in [6.07, 6.45) is 0. The number of benzene rings is 2. The normalized spacial score (nSPS) is 10.0. The molecule has 0 aliphatic heterocycles. The molecule has 0 N–H and O–H groups in total. The predicted molar refractivity (Wildman–Crippen MR) is 91.1 cm³/mol. The van der Waals surface area contributed by atoms with Crippen LogP contribution in [-0.2, 0) is 6.54 Å². The molecule has 0 heterocycles. The standard InChI is InChI=1S/C19H19FN2O3/c1-4-22(12-13-5-8-17(24-2)18(9-13)25-3)19(23)14-6-7-16(20)15(10-14)11-21/h5-10H,4,12H2,1-3H3. The number of hydrogen-bond acceptors (Lipinski definition) is 4. The Bertz CT molecular complexity index is 815. The number of methoxy groups -OCH3 is 2. The molecule has 0 saturated heterocycles. The van der Waals surface area contributed by atoms with Gasteiger partial charge in [-0.15, -0.1) is 0 Å². The van der Waals surface area contributed by atoms with E-state index in [0.717, 1.165) is 11.6 Å². The number of rotatable bonds is 6. The first kappa shape index (κ1) is 18.3. The van der Waals surface area contributed by atoms with Crippen LogP contribution >= 0.6 is 0 Å². The number of hydrogen-bond donors (Lipinski definition) is 0. The minimum atomic E-state index is -0.637. The van der Waals surface area contributed by atoms with E-state index in [1.54, 1.807) is 37.3 Å². The summed E-state index contributed by atoms with van der Waals surface area (Å²) < 4.78 is 23.9. The van der Waals surface area contributed by atoms with Gasteiger partial charge in [-0.25, -0.2) is 4.39 Å². The highest BCUT2D eigenvalue weighted by Crippen LogP contribution is 2.28. The third kappa shape index (κ3) is 4.07. The molecular weight excluding hydrogens is 323 g/mol. The molecule has 0 spiro atoms. The number of nitrogens with zero attached hydrogens (tertiary/aromatic N) is 2. The maximum absolute atomic E-state index is 13.4. The molecule has 0 aliphatic rings. The molecule has 0 aliphatic carbocycles. The Labute approximate surface area is 146 Å². The van der Waals surface area contributed by atoms with Crippen LogP contribution in [-0.4, -0.2) is 31.6 Å². The van der Waals surface area contributed by atoms with Crippen molar-refractivity contribution in [3.05, 3.63) is 58.9 Å². The predicted octanol–water partition coefficient (Wildman–Crippen LogP) is 3.38. The summed E-state index contributed by atoms with van der Waals surface area (Å²) in [7, 11) is 3.10. The molecule has 2 rings (SSSR count). The lowest BCUT2D eigenvalue weighted by atomic mass is 10.1. The van der Waals surface area contributed by atoms with Gasteiger partial charge in [0.1, 0.15) is 11.9 Å². The second-order valence-electron chi connectivity index (χ2n) is 5.32. The summed E-state index contributed by atoms with van der Waals surface area (Å²) in [5, 5.41) is 8.92. The number of nitriles is 1. The van der Waals surface area contributed by atoms with Crippen molar-refractivity contribution in [2.75, 3.05) is 20.8 Å². The molecule has 1 amide bonds. The molecule has 2 aromatic rings. The molecule has 6 heteroatoms. The maximum atomic E-state index is 13.4. The zero-order chi connectivity index (χ0) is 18.4. The Balaban J connectivity index is 2.25. The van der Waals surface area contributed by atoms with Crippen molar-refractivity contribution in [3.8, 4) is 17.6 Å². The van der Waals surface area contributed by atoms with Gasteiger partial charge in [-0.1, -0.05) is 6.07 Å². The molecule has 0 aromatic heterocycles. The van der Waals surface area contributed by atoms with Crippen LogP contribution in [0.15, 0.2) is 36.4 Å². The van der Waals surface area contributed by atoms with E-state index in [0.29, 0.717) is 24.6 Å². The molecule has 0 bridgehead atoms. The molecule has 5 nitrogen and oxygen atoms in total. The van der Waals surface area contributed by atoms with E-state index in [1.807, 2.05) is 13.0 Å². The summed E-state index contributed by atoms with van der Waals surface area (Å²) in [5.41, 5.74) is 1.00. The Hall–Kier alpha value is -3.07. The van der Waals surface area contributed by atoms with Crippen LogP contribution in [0.4, 0.5) is 4.39 Å². The van der Waals surface area contributed by atoms with Crippen LogP contribution in [0.1, 0.15) is 28.4 Å². The summed E-state index contributed by atoms with van der Waals surface area (Å²) in [5.74, 6) is 0.283. The van der Waals surface area contributed by atoms with E-state index < -0.39 is 5.82 Å². The fourth-order valence-corrected chi connectivity index (χ4v) is 2.45. The van der Waals surface area contributed by atoms with Gasteiger partial charge in [-0.2, -0.15) is 5.26 Å². The topological polar surface area (TPSA) is 62.6 Å². The summed E-state index contributed by atoms with van der Waals surface area (Å²) >= 11 is 0. The van der Waals surface area contributed by atoms with Crippen molar-refractivity contribution in [1.82, 2.24) is 4.90 Å². The highest BCUT2D eigenvalue weighted by molar-refractivity contribution is 5.94. The summed E-state index contributed by atoms with van der Waals surface area (Å²) in [6.45, 7) is 2.68. The first-order valence-electron chi connectivity index (χ1n) is 7.73. The lowest BCUT2D eigenvalue weighted by Gasteiger charge is -2.22. The Morgan fingerprint density at radius 3 is 2.48 bits per heavy atom. The maximum Gasteiger partial charge on any atom is 0.254 e. The first-order valence-corrected chi connectivity index (χ1v) is 7.73. The zero-order valence-electron chi connectivity index (χ0n) is 14.4. The van der Waals surface area contributed by atoms with Crippen molar-refractivity contribution >= 4 is 5.91 Å². The summed E-state index contributed by atoms with van der Waals surface area (Å²) in [6, 6.07) is 11.0. The Morgan fingerprint density at radius 2 is 1.88 bits per heavy atom. The zero-order valence-corrected chi connectivity index (χ0v) is 14.4. The molecule has 0 unspecified atom stereocenters. The molecule has 25 heavy (non-hydrogen) atoms. The largest absolute Gasteiger partial charge is 0.493 e. The minimum Gasteiger partial charge on any atom is -0.493 e. The molecule has 0 radical (unpaired) electrons.